The summed E-state index contributed by atoms with van der Waals surface area (Å²) in [6.07, 6.45) is 17.5. The fourth-order valence-electron chi connectivity index (χ4n) is 3.07. The molecule has 0 amide bonds. The van der Waals surface area contributed by atoms with Gasteiger partial charge in [-0.05, 0) is 38.9 Å². The zero-order valence-electron chi connectivity index (χ0n) is 18.9. The fraction of sp³-hybridized carbons (Fsp3) is 0.909. The molecule has 28 heavy (non-hydrogen) atoms. The van der Waals surface area contributed by atoms with Gasteiger partial charge >= 0.3 is 0 Å². The molecule has 168 valence electrons. The van der Waals surface area contributed by atoms with Gasteiger partial charge in [0.25, 0.3) is 5.97 Å². The number of aliphatic imine (C=N–C) groups is 1. The quantitative estimate of drug-likeness (QED) is 0.175. The molecule has 0 spiro atoms. The average molecular weight is 401 g/mol. The molecule has 0 bridgehead atoms. The summed E-state index contributed by atoms with van der Waals surface area (Å²) in [6, 6.07) is 0. The molecule has 6 nitrogen and oxygen atoms in total. The molecule has 0 saturated heterocycles. The standard InChI is InChI=1S/C20H44N4.C2H4O2/c1-3-5-7-9-11-13-17-24(19-15-16-23-20(21)22)18-14-12-10-8-6-4-2;1-2(3)4/h3-19H2,1-2H3,(H4,21,22,23);1H3,(H,3,4). The van der Waals surface area contributed by atoms with Crippen LogP contribution in [0, 0.1) is 0 Å². The van der Waals surface area contributed by atoms with Gasteiger partial charge in [0, 0.05) is 13.5 Å². The van der Waals surface area contributed by atoms with Crippen LogP contribution >= 0.6 is 0 Å². The molecular weight excluding hydrogens is 352 g/mol. The van der Waals surface area contributed by atoms with E-state index in [1.54, 1.807) is 0 Å². The summed E-state index contributed by atoms with van der Waals surface area (Å²) in [7, 11) is 0. The van der Waals surface area contributed by atoms with Gasteiger partial charge in [-0.2, -0.15) is 0 Å². The Morgan fingerprint density at radius 2 is 1.11 bits per heavy atom. The maximum absolute atomic E-state index is 9.00. The maximum Gasteiger partial charge on any atom is 0.300 e. The van der Waals surface area contributed by atoms with Crippen LogP contribution in [0.2, 0.25) is 0 Å². The highest BCUT2D eigenvalue weighted by molar-refractivity contribution is 5.75. The molecule has 0 aliphatic carbocycles. The first-order valence-electron chi connectivity index (χ1n) is 11.4. The second-order valence-electron chi connectivity index (χ2n) is 7.56. The van der Waals surface area contributed by atoms with Gasteiger partial charge in [0.05, 0.1) is 0 Å². The Morgan fingerprint density at radius 1 is 0.750 bits per heavy atom. The lowest BCUT2D eigenvalue weighted by Gasteiger charge is -2.22. The monoisotopic (exact) mass is 400 g/mol. The highest BCUT2D eigenvalue weighted by Gasteiger charge is 2.04. The van der Waals surface area contributed by atoms with Crippen molar-refractivity contribution in [2.45, 2.75) is 104 Å². The van der Waals surface area contributed by atoms with E-state index < -0.39 is 5.97 Å². The molecule has 0 heterocycles. The summed E-state index contributed by atoms with van der Waals surface area (Å²) in [5.74, 6) is -0.617. The number of nitrogens with zero attached hydrogens (tertiary/aromatic N) is 2. The van der Waals surface area contributed by atoms with Crippen LogP contribution in [0.1, 0.15) is 104 Å². The molecular formula is C22H48N4O2. The van der Waals surface area contributed by atoms with Gasteiger partial charge in [-0.3, -0.25) is 9.79 Å². The molecule has 0 saturated carbocycles. The van der Waals surface area contributed by atoms with E-state index in [1.165, 1.54) is 90.1 Å². The van der Waals surface area contributed by atoms with Crippen molar-refractivity contribution in [2.75, 3.05) is 26.2 Å². The minimum atomic E-state index is -0.833. The molecule has 0 aromatic carbocycles. The topological polar surface area (TPSA) is 105 Å². The summed E-state index contributed by atoms with van der Waals surface area (Å²) < 4.78 is 0. The van der Waals surface area contributed by atoms with Gasteiger partial charge in [-0.15, -0.1) is 0 Å². The number of carboxylic acids is 1. The third-order valence-electron chi connectivity index (χ3n) is 4.58. The molecule has 0 radical (unpaired) electrons. The normalized spacial score (nSPS) is 10.4. The lowest BCUT2D eigenvalue weighted by atomic mass is 10.1. The summed E-state index contributed by atoms with van der Waals surface area (Å²) in [5, 5.41) is 7.42. The Morgan fingerprint density at radius 3 is 1.50 bits per heavy atom. The first-order valence-corrected chi connectivity index (χ1v) is 11.4. The van der Waals surface area contributed by atoms with Crippen molar-refractivity contribution in [2.24, 2.45) is 16.5 Å². The van der Waals surface area contributed by atoms with Gasteiger partial charge < -0.3 is 21.5 Å². The number of carboxylic acid groups (broad SMARTS) is 1. The number of guanidine groups is 1. The number of unbranched alkanes of at least 4 members (excludes halogenated alkanes) is 10. The number of hydrogen-bond donors (Lipinski definition) is 3. The SMILES string of the molecule is CC(=O)O.CCCCCCCCN(CCCCCCCC)CCCN=C(N)N. The number of nitrogens with two attached hydrogens (primary N) is 2. The van der Waals surface area contributed by atoms with Crippen molar-refractivity contribution < 1.29 is 9.90 Å². The second kappa shape index (κ2) is 23.7. The van der Waals surface area contributed by atoms with Crippen molar-refractivity contribution in [1.82, 2.24) is 4.90 Å². The number of rotatable bonds is 18. The van der Waals surface area contributed by atoms with E-state index in [0.29, 0.717) is 0 Å². The lowest BCUT2D eigenvalue weighted by molar-refractivity contribution is -0.134. The highest BCUT2D eigenvalue weighted by atomic mass is 16.4. The first kappa shape index (κ1) is 28.9. The van der Waals surface area contributed by atoms with Crippen LogP contribution in [0.4, 0.5) is 0 Å². The predicted molar refractivity (Wildman–Crippen MR) is 122 cm³/mol. The van der Waals surface area contributed by atoms with Gasteiger partial charge in [-0.1, -0.05) is 78.1 Å². The molecule has 0 atom stereocenters. The van der Waals surface area contributed by atoms with Crippen LogP contribution < -0.4 is 11.5 Å². The van der Waals surface area contributed by atoms with Crippen molar-refractivity contribution in [3.05, 3.63) is 0 Å². The van der Waals surface area contributed by atoms with Crippen LogP contribution in [0.3, 0.4) is 0 Å². The van der Waals surface area contributed by atoms with E-state index in [2.05, 4.69) is 23.7 Å². The molecule has 0 aliphatic rings. The van der Waals surface area contributed by atoms with Crippen molar-refractivity contribution in [1.29, 1.82) is 0 Å². The largest absolute Gasteiger partial charge is 0.481 e. The first-order chi connectivity index (χ1) is 13.4. The van der Waals surface area contributed by atoms with E-state index in [-0.39, 0.29) is 5.96 Å². The van der Waals surface area contributed by atoms with Crippen molar-refractivity contribution >= 4 is 11.9 Å². The predicted octanol–water partition coefficient (Wildman–Crippen LogP) is 4.76. The summed E-state index contributed by atoms with van der Waals surface area (Å²) in [4.78, 5) is 15.7. The smallest absolute Gasteiger partial charge is 0.300 e. The Balaban J connectivity index is 0. The Hall–Kier alpha value is -1.30. The van der Waals surface area contributed by atoms with Crippen LogP contribution in [-0.4, -0.2) is 48.1 Å². The average Bonchev–Trinajstić information content (AvgIpc) is 2.63. The van der Waals surface area contributed by atoms with E-state index in [0.717, 1.165) is 26.4 Å². The van der Waals surface area contributed by atoms with Gasteiger partial charge in [-0.25, -0.2) is 0 Å². The minimum Gasteiger partial charge on any atom is -0.481 e. The second-order valence-corrected chi connectivity index (χ2v) is 7.56. The zero-order valence-corrected chi connectivity index (χ0v) is 18.9. The molecule has 0 aromatic heterocycles. The molecule has 6 heteroatoms. The van der Waals surface area contributed by atoms with Gasteiger partial charge in [0.1, 0.15) is 0 Å². The molecule has 0 fully saturated rings. The molecule has 0 aliphatic heterocycles. The van der Waals surface area contributed by atoms with E-state index >= 15 is 0 Å². The third-order valence-corrected chi connectivity index (χ3v) is 4.58. The van der Waals surface area contributed by atoms with E-state index in [1.807, 2.05) is 0 Å². The van der Waals surface area contributed by atoms with Crippen LogP contribution in [-0.2, 0) is 4.79 Å². The fourth-order valence-corrected chi connectivity index (χ4v) is 3.07. The zero-order chi connectivity index (χ0) is 21.5. The number of hydrogen-bond acceptors (Lipinski definition) is 3. The number of carbonyl (C=O) groups is 1. The Kier molecular flexibility index (Phi) is 24.5. The third kappa shape index (κ3) is 29.5. The van der Waals surface area contributed by atoms with Crippen LogP contribution in [0.25, 0.3) is 0 Å². The molecule has 0 aromatic rings. The molecule has 0 unspecified atom stereocenters. The highest BCUT2D eigenvalue weighted by Crippen LogP contribution is 2.09. The van der Waals surface area contributed by atoms with Crippen LogP contribution in [0.5, 0.6) is 0 Å². The minimum absolute atomic E-state index is 0.216. The van der Waals surface area contributed by atoms with E-state index in [4.69, 9.17) is 21.4 Å². The van der Waals surface area contributed by atoms with Gasteiger partial charge in [0.2, 0.25) is 0 Å². The summed E-state index contributed by atoms with van der Waals surface area (Å²) in [5.41, 5.74) is 10.8. The molecule has 5 N–H and O–H groups in total. The summed E-state index contributed by atoms with van der Waals surface area (Å²) >= 11 is 0. The Labute approximate surface area is 174 Å². The van der Waals surface area contributed by atoms with Crippen molar-refractivity contribution in [3.63, 3.8) is 0 Å². The number of aliphatic carboxylic acids is 1. The van der Waals surface area contributed by atoms with Crippen LogP contribution in [0.15, 0.2) is 4.99 Å². The molecule has 0 rings (SSSR count). The lowest BCUT2D eigenvalue weighted by Crippen LogP contribution is -2.28. The van der Waals surface area contributed by atoms with Gasteiger partial charge in [0.15, 0.2) is 5.96 Å². The summed E-state index contributed by atoms with van der Waals surface area (Å²) in [6.45, 7) is 10.00. The van der Waals surface area contributed by atoms with E-state index in [9.17, 15) is 0 Å². The Bertz CT molecular complexity index is 338. The maximum atomic E-state index is 9.00. The van der Waals surface area contributed by atoms with Crippen molar-refractivity contribution in [3.8, 4) is 0 Å².